The van der Waals surface area contributed by atoms with Crippen LogP contribution in [0.5, 0.6) is 0 Å². The van der Waals surface area contributed by atoms with Crippen molar-refractivity contribution in [3.63, 3.8) is 0 Å². The Morgan fingerprint density at radius 2 is 2.16 bits per heavy atom. The van der Waals surface area contributed by atoms with Crippen molar-refractivity contribution >= 4 is 5.91 Å². The fourth-order valence-electron chi connectivity index (χ4n) is 2.39. The fraction of sp³-hybridized carbons (Fsp3) is 0.533. The van der Waals surface area contributed by atoms with Gasteiger partial charge in [0.2, 0.25) is 5.91 Å². The molecule has 1 amide bonds. The molecule has 2 atom stereocenters. The van der Waals surface area contributed by atoms with E-state index in [-0.39, 0.29) is 18.1 Å². The summed E-state index contributed by atoms with van der Waals surface area (Å²) in [5, 5.41) is 6.19. The van der Waals surface area contributed by atoms with Crippen molar-refractivity contribution in [1.82, 2.24) is 10.6 Å². The molecule has 0 aromatic heterocycles. The first-order valence-electron chi connectivity index (χ1n) is 6.92. The molecule has 104 valence electrons. The number of ether oxygens (including phenoxy) is 1. The van der Waals surface area contributed by atoms with Crippen molar-refractivity contribution in [2.45, 2.75) is 39.0 Å². The lowest BCUT2D eigenvalue weighted by Gasteiger charge is -2.29. The average Bonchev–Trinajstić information content (AvgIpc) is 2.45. The van der Waals surface area contributed by atoms with Crippen LogP contribution < -0.4 is 10.6 Å². The van der Waals surface area contributed by atoms with Gasteiger partial charge in [0.1, 0.15) is 6.04 Å². The molecule has 19 heavy (non-hydrogen) atoms. The quantitative estimate of drug-likeness (QED) is 0.858. The van der Waals surface area contributed by atoms with E-state index in [0.29, 0.717) is 13.2 Å². The second kappa shape index (κ2) is 6.68. The molecule has 4 heteroatoms. The van der Waals surface area contributed by atoms with Crippen LogP contribution >= 0.6 is 0 Å². The van der Waals surface area contributed by atoms with Gasteiger partial charge in [-0.2, -0.15) is 0 Å². The second-order valence-electron chi connectivity index (χ2n) is 4.85. The van der Waals surface area contributed by atoms with Gasteiger partial charge in [-0.05, 0) is 24.5 Å². The average molecular weight is 262 g/mol. The zero-order chi connectivity index (χ0) is 13.7. The molecule has 1 aliphatic rings. The fourth-order valence-corrected chi connectivity index (χ4v) is 2.39. The van der Waals surface area contributed by atoms with Crippen LogP contribution in [0.2, 0.25) is 0 Å². The summed E-state index contributed by atoms with van der Waals surface area (Å²) < 4.78 is 5.49. The Labute approximate surface area is 114 Å². The molecule has 0 radical (unpaired) electrons. The van der Waals surface area contributed by atoms with Crippen molar-refractivity contribution in [1.29, 1.82) is 0 Å². The molecular weight excluding hydrogens is 240 g/mol. The SMILES string of the molecule is CCc1ccccc1CNC(=O)[C@H]1NCCO[C@@H]1C. The molecule has 2 rings (SSSR count). The number of hydrogen-bond acceptors (Lipinski definition) is 3. The Hall–Kier alpha value is -1.39. The predicted molar refractivity (Wildman–Crippen MR) is 74.9 cm³/mol. The standard InChI is InChI=1S/C15H22N2O2/c1-3-12-6-4-5-7-13(12)10-17-15(18)14-11(2)19-9-8-16-14/h4-7,11,14,16H,3,8-10H2,1-2H3,(H,17,18)/t11-,14+/m1/s1. The van der Waals surface area contributed by atoms with Gasteiger partial charge in [-0.3, -0.25) is 4.79 Å². The van der Waals surface area contributed by atoms with Crippen molar-refractivity contribution in [2.24, 2.45) is 0 Å². The van der Waals surface area contributed by atoms with Gasteiger partial charge in [0.25, 0.3) is 0 Å². The molecule has 1 aromatic rings. The summed E-state index contributed by atoms with van der Waals surface area (Å²) in [5.41, 5.74) is 2.46. The first-order valence-corrected chi connectivity index (χ1v) is 6.92. The van der Waals surface area contributed by atoms with E-state index in [9.17, 15) is 4.79 Å². The third kappa shape index (κ3) is 3.55. The largest absolute Gasteiger partial charge is 0.375 e. The normalized spacial score (nSPS) is 23.1. The van der Waals surface area contributed by atoms with E-state index >= 15 is 0 Å². The highest BCUT2D eigenvalue weighted by Crippen LogP contribution is 2.10. The van der Waals surface area contributed by atoms with Gasteiger partial charge in [0.05, 0.1) is 12.7 Å². The van der Waals surface area contributed by atoms with Crippen molar-refractivity contribution in [2.75, 3.05) is 13.2 Å². The van der Waals surface area contributed by atoms with Crippen LogP contribution in [0.25, 0.3) is 0 Å². The molecule has 1 fully saturated rings. The van der Waals surface area contributed by atoms with Gasteiger partial charge in [-0.25, -0.2) is 0 Å². The van der Waals surface area contributed by atoms with E-state index in [4.69, 9.17) is 4.74 Å². The first kappa shape index (κ1) is 14.0. The number of benzene rings is 1. The van der Waals surface area contributed by atoms with Gasteiger partial charge in [-0.1, -0.05) is 31.2 Å². The number of hydrogen-bond donors (Lipinski definition) is 2. The molecule has 0 aliphatic carbocycles. The molecule has 1 saturated heterocycles. The van der Waals surface area contributed by atoms with Crippen LogP contribution in [0, 0.1) is 0 Å². The summed E-state index contributed by atoms with van der Waals surface area (Å²) in [6, 6.07) is 7.95. The van der Waals surface area contributed by atoms with Crippen LogP contribution in [0.4, 0.5) is 0 Å². The summed E-state index contributed by atoms with van der Waals surface area (Å²) in [5.74, 6) is 0.0121. The minimum absolute atomic E-state index is 0.0121. The highest BCUT2D eigenvalue weighted by Gasteiger charge is 2.27. The van der Waals surface area contributed by atoms with E-state index in [0.717, 1.165) is 13.0 Å². The summed E-state index contributed by atoms with van der Waals surface area (Å²) in [6.45, 7) is 6.03. The Balaban J connectivity index is 1.92. The lowest BCUT2D eigenvalue weighted by atomic mass is 10.0. The number of nitrogens with one attached hydrogen (secondary N) is 2. The molecule has 1 aromatic carbocycles. The predicted octanol–water partition coefficient (Wildman–Crippen LogP) is 1.24. The van der Waals surface area contributed by atoms with Crippen LogP contribution in [0.3, 0.4) is 0 Å². The summed E-state index contributed by atoms with van der Waals surface area (Å²) >= 11 is 0. The van der Waals surface area contributed by atoms with Gasteiger partial charge < -0.3 is 15.4 Å². The molecule has 0 saturated carbocycles. The lowest BCUT2D eigenvalue weighted by molar-refractivity contribution is -0.129. The highest BCUT2D eigenvalue weighted by molar-refractivity contribution is 5.82. The van der Waals surface area contributed by atoms with Crippen LogP contribution in [-0.4, -0.2) is 31.2 Å². The minimum atomic E-state index is -0.248. The maximum Gasteiger partial charge on any atom is 0.240 e. The van der Waals surface area contributed by atoms with Gasteiger partial charge >= 0.3 is 0 Å². The van der Waals surface area contributed by atoms with E-state index in [2.05, 4.69) is 29.7 Å². The maximum absolute atomic E-state index is 12.1. The number of aryl methyl sites for hydroxylation is 1. The molecule has 4 nitrogen and oxygen atoms in total. The Morgan fingerprint density at radius 1 is 1.42 bits per heavy atom. The van der Waals surface area contributed by atoms with Crippen LogP contribution in [-0.2, 0) is 22.5 Å². The Morgan fingerprint density at radius 3 is 2.84 bits per heavy atom. The van der Waals surface area contributed by atoms with E-state index in [1.54, 1.807) is 0 Å². The van der Waals surface area contributed by atoms with E-state index in [1.165, 1.54) is 11.1 Å². The van der Waals surface area contributed by atoms with Gasteiger partial charge in [0, 0.05) is 13.1 Å². The number of rotatable bonds is 4. The zero-order valence-electron chi connectivity index (χ0n) is 11.6. The van der Waals surface area contributed by atoms with Crippen molar-refractivity contribution < 1.29 is 9.53 Å². The highest BCUT2D eigenvalue weighted by atomic mass is 16.5. The van der Waals surface area contributed by atoms with E-state index < -0.39 is 0 Å². The summed E-state index contributed by atoms with van der Waals surface area (Å²) in [4.78, 5) is 12.1. The molecule has 2 N–H and O–H groups in total. The molecule has 0 spiro atoms. The maximum atomic E-state index is 12.1. The van der Waals surface area contributed by atoms with Crippen LogP contribution in [0.15, 0.2) is 24.3 Å². The van der Waals surface area contributed by atoms with Gasteiger partial charge in [0.15, 0.2) is 0 Å². The molecule has 0 bridgehead atoms. The number of carbonyl (C=O) groups excluding carboxylic acids is 1. The number of carbonyl (C=O) groups is 1. The third-order valence-corrected chi connectivity index (χ3v) is 3.55. The van der Waals surface area contributed by atoms with Crippen LogP contribution in [0.1, 0.15) is 25.0 Å². The first-order chi connectivity index (χ1) is 9.22. The second-order valence-corrected chi connectivity index (χ2v) is 4.85. The molecular formula is C15H22N2O2. The molecule has 0 unspecified atom stereocenters. The number of amides is 1. The minimum Gasteiger partial charge on any atom is -0.375 e. The zero-order valence-corrected chi connectivity index (χ0v) is 11.6. The van der Waals surface area contributed by atoms with Crippen molar-refractivity contribution in [3.8, 4) is 0 Å². The third-order valence-electron chi connectivity index (χ3n) is 3.55. The lowest BCUT2D eigenvalue weighted by Crippen LogP contribution is -2.55. The Kier molecular flexibility index (Phi) is 4.93. The summed E-state index contributed by atoms with van der Waals surface area (Å²) in [6.07, 6.45) is 0.905. The van der Waals surface area contributed by atoms with E-state index in [1.807, 2.05) is 19.1 Å². The van der Waals surface area contributed by atoms with Gasteiger partial charge in [-0.15, -0.1) is 0 Å². The smallest absolute Gasteiger partial charge is 0.240 e. The molecule has 1 heterocycles. The topological polar surface area (TPSA) is 50.4 Å². The Bertz CT molecular complexity index is 434. The van der Waals surface area contributed by atoms with Crippen molar-refractivity contribution in [3.05, 3.63) is 35.4 Å². The monoisotopic (exact) mass is 262 g/mol. The summed E-state index contributed by atoms with van der Waals surface area (Å²) in [7, 11) is 0. The molecule has 1 aliphatic heterocycles. The number of morpholine rings is 1.